The Morgan fingerprint density at radius 1 is 1.24 bits per heavy atom. The summed E-state index contributed by atoms with van der Waals surface area (Å²) in [7, 11) is 4.95. The van der Waals surface area contributed by atoms with Crippen molar-refractivity contribution in [2.75, 3.05) is 41.0 Å². The molecule has 6 heteroatoms. The molecule has 1 aromatic rings. The SMILES string of the molecule is COCC(C)NC(=O)N(C)CCOc1ccc(OC)cc1. The van der Waals surface area contributed by atoms with E-state index in [1.165, 1.54) is 0 Å². The Labute approximate surface area is 126 Å². The molecular weight excluding hydrogens is 272 g/mol. The van der Waals surface area contributed by atoms with E-state index in [0.717, 1.165) is 11.5 Å². The van der Waals surface area contributed by atoms with Crippen LogP contribution in [0.2, 0.25) is 0 Å². The van der Waals surface area contributed by atoms with Gasteiger partial charge in [-0.1, -0.05) is 0 Å². The second-order valence-electron chi connectivity index (χ2n) is 4.75. The van der Waals surface area contributed by atoms with Crippen molar-refractivity contribution in [3.05, 3.63) is 24.3 Å². The Bertz CT molecular complexity index is 422. The molecule has 1 rings (SSSR count). The van der Waals surface area contributed by atoms with Gasteiger partial charge < -0.3 is 24.4 Å². The van der Waals surface area contributed by atoms with Gasteiger partial charge in [-0.25, -0.2) is 4.79 Å². The molecule has 0 heterocycles. The zero-order valence-corrected chi connectivity index (χ0v) is 13.1. The summed E-state index contributed by atoms with van der Waals surface area (Å²) in [6.45, 7) is 3.30. The minimum atomic E-state index is -0.141. The summed E-state index contributed by atoms with van der Waals surface area (Å²) in [5, 5.41) is 2.83. The molecule has 0 saturated heterocycles. The topological polar surface area (TPSA) is 60.0 Å². The van der Waals surface area contributed by atoms with Gasteiger partial charge in [-0.3, -0.25) is 0 Å². The first-order chi connectivity index (χ1) is 10.1. The van der Waals surface area contributed by atoms with Gasteiger partial charge in [-0.2, -0.15) is 0 Å². The van der Waals surface area contributed by atoms with E-state index in [2.05, 4.69) is 5.32 Å². The van der Waals surface area contributed by atoms with E-state index in [4.69, 9.17) is 14.2 Å². The number of amides is 2. The van der Waals surface area contributed by atoms with Crippen LogP contribution in [0.15, 0.2) is 24.3 Å². The number of rotatable bonds is 8. The van der Waals surface area contributed by atoms with E-state index < -0.39 is 0 Å². The summed E-state index contributed by atoms with van der Waals surface area (Å²) in [5.41, 5.74) is 0. The van der Waals surface area contributed by atoms with Crippen molar-refractivity contribution in [1.82, 2.24) is 10.2 Å². The zero-order chi connectivity index (χ0) is 15.7. The first-order valence-electron chi connectivity index (χ1n) is 6.84. The van der Waals surface area contributed by atoms with Gasteiger partial charge in [0.1, 0.15) is 18.1 Å². The molecule has 0 aliphatic rings. The van der Waals surface area contributed by atoms with E-state index in [9.17, 15) is 4.79 Å². The summed E-state index contributed by atoms with van der Waals surface area (Å²) in [4.78, 5) is 13.4. The third-order valence-corrected chi connectivity index (χ3v) is 2.89. The fraction of sp³-hybridized carbons (Fsp3) is 0.533. The van der Waals surface area contributed by atoms with Crippen molar-refractivity contribution in [1.29, 1.82) is 0 Å². The molecule has 1 unspecified atom stereocenters. The molecule has 0 saturated carbocycles. The highest BCUT2D eigenvalue weighted by atomic mass is 16.5. The van der Waals surface area contributed by atoms with Crippen LogP contribution in [0.1, 0.15) is 6.92 Å². The lowest BCUT2D eigenvalue weighted by Crippen LogP contribution is -2.44. The minimum absolute atomic E-state index is 0.0209. The molecule has 0 fully saturated rings. The zero-order valence-electron chi connectivity index (χ0n) is 13.1. The number of urea groups is 1. The van der Waals surface area contributed by atoms with E-state index in [0.29, 0.717) is 19.8 Å². The van der Waals surface area contributed by atoms with Crippen molar-refractivity contribution in [3.63, 3.8) is 0 Å². The van der Waals surface area contributed by atoms with Crippen LogP contribution in [-0.2, 0) is 4.74 Å². The van der Waals surface area contributed by atoms with Crippen LogP contribution < -0.4 is 14.8 Å². The van der Waals surface area contributed by atoms with Crippen molar-refractivity contribution >= 4 is 6.03 Å². The quantitative estimate of drug-likeness (QED) is 0.794. The fourth-order valence-corrected chi connectivity index (χ4v) is 1.69. The first kappa shape index (κ1) is 17.1. The maximum atomic E-state index is 11.8. The molecule has 1 N–H and O–H groups in total. The van der Waals surface area contributed by atoms with Crippen LogP contribution in [0, 0.1) is 0 Å². The van der Waals surface area contributed by atoms with Crippen molar-refractivity contribution in [2.45, 2.75) is 13.0 Å². The third kappa shape index (κ3) is 6.35. The molecule has 0 spiro atoms. The van der Waals surface area contributed by atoms with Crippen LogP contribution in [0.4, 0.5) is 4.79 Å². The van der Waals surface area contributed by atoms with Crippen LogP contribution in [0.25, 0.3) is 0 Å². The Hall–Kier alpha value is -1.95. The molecule has 1 atom stereocenters. The Kier molecular flexibility index (Phi) is 7.39. The largest absolute Gasteiger partial charge is 0.497 e. The van der Waals surface area contributed by atoms with E-state index >= 15 is 0 Å². The van der Waals surface area contributed by atoms with Crippen LogP contribution in [-0.4, -0.2) is 58.0 Å². The second kappa shape index (κ2) is 9.07. The van der Waals surface area contributed by atoms with Gasteiger partial charge in [0.25, 0.3) is 0 Å². The highest BCUT2D eigenvalue weighted by molar-refractivity contribution is 5.74. The predicted molar refractivity (Wildman–Crippen MR) is 81.0 cm³/mol. The number of likely N-dealkylation sites (N-methyl/N-ethyl adjacent to an activating group) is 1. The van der Waals surface area contributed by atoms with E-state index in [1.54, 1.807) is 26.2 Å². The minimum Gasteiger partial charge on any atom is -0.497 e. The number of ether oxygens (including phenoxy) is 3. The highest BCUT2D eigenvalue weighted by Crippen LogP contribution is 2.16. The Morgan fingerprint density at radius 3 is 2.43 bits per heavy atom. The fourth-order valence-electron chi connectivity index (χ4n) is 1.69. The molecule has 118 valence electrons. The number of nitrogens with one attached hydrogen (secondary N) is 1. The number of carbonyl (C=O) groups is 1. The van der Waals surface area contributed by atoms with Crippen molar-refractivity contribution < 1.29 is 19.0 Å². The maximum absolute atomic E-state index is 11.8. The van der Waals surface area contributed by atoms with Crippen LogP contribution in [0.5, 0.6) is 11.5 Å². The van der Waals surface area contributed by atoms with Crippen molar-refractivity contribution in [2.24, 2.45) is 0 Å². The second-order valence-corrected chi connectivity index (χ2v) is 4.75. The number of methoxy groups -OCH3 is 2. The molecule has 0 radical (unpaired) electrons. The number of benzene rings is 1. The Balaban J connectivity index is 2.28. The number of nitrogens with zero attached hydrogens (tertiary/aromatic N) is 1. The number of carbonyl (C=O) groups excluding carboxylic acids is 1. The third-order valence-electron chi connectivity index (χ3n) is 2.89. The lowest BCUT2D eigenvalue weighted by Gasteiger charge is -2.21. The summed E-state index contributed by atoms with van der Waals surface area (Å²) < 4.78 is 15.6. The normalized spacial score (nSPS) is 11.6. The first-order valence-corrected chi connectivity index (χ1v) is 6.84. The molecule has 6 nitrogen and oxygen atoms in total. The molecule has 1 aromatic carbocycles. The van der Waals surface area contributed by atoms with Gasteiger partial charge in [0, 0.05) is 14.2 Å². The van der Waals surface area contributed by atoms with Crippen LogP contribution in [0.3, 0.4) is 0 Å². The average molecular weight is 296 g/mol. The maximum Gasteiger partial charge on any atom is 0.317 e. The summed E-state index contributed by atoms with van der Waals surface area (Å²) in [6.07, 6.45) is 0. The molecule has 2 amide bonds. The predicted octanol–water partition coefficient (Wildman–Crippen LogP) is 1.75. The summed E-state index contributed by atoms with van der Waals surface area (Å²) in [6, 6.07) is 7.17. The molecule has 0 aromatic heterocycles. The van der Waals surface area contributed by atoms with Gasteiger partial charge in [-0.05, 0) is 31.2 Å². The van der Waals surface area contributed by atoms with Crippen molar-refractivity contribution in [3.8, 4) is 11.5 Å². The lowest BCUT2D eigenvalue weighted by atomic mass is 10.3. The summed E-state index contributed by atoms with van der Waals surface area (Å²) in [5.74, 6) is 1.53. The molecule has 21 heavy (non-hydrogen) atoms. The van der Waals surface area contributed by atoms with Gasteiger partial charge in [-0.15, -0.1) is 0 Å². The van der Waals surface area contributed by atoms with Crippen LogP contribution >= 0.6 is 0 Å². The highest BCUT2D eigenvalue weighted by Gasteiger charge is 2.11. The van der Waals surface area contributed by atoms with Gasteiger partial charge >= 0.3 is 6.03 Å². The number of hydrogen-bond donors (Lipinski definition) is 1. The lowest BCUT2D eigenvalue weighted by molar-refractivity contribution is 0.159. The molecule has 0 aliphatic heterocycles. The monoisotopic (exact) mass is 296 g/mol. The van der Waals surface area contributed by atoms with E-state index in [-0.39, 0.29) is 12.1 Å². The summed E-state index contributed by atoms with van der Waals surface area (Å²) >= 11 is 0. The standard InChI is InChI=1S/C15H24N2O4/c1-12(11-19-3)16-15(18)17(2)9-10-21-14-7-5-13(20-4)6-8-14/h5-8,12H,9-11H2,1-4H3,(H,16,18). The van der Waals surface area contributed by atoms with Gasteiger partial charge in [0.05, 0.1) is 26.3 Å². The average Bonchev–Trinajstić information content (AvgIpc) is 2.48. The molecular formula is C15H24N2O4. The Morgan fingerprint density at radius 2 is 1.86 bits per heavy atom. The molecule has 0 aliphatic carbocycles. The van der Waals surface area contributed by atoms with E-state index in [1.807, 2.05) is 31.2 Å². The number of hydrogen-bond acceptors (Lipinski definition) is 4. The smallest absolute Gasteiger partial charge is 0.317 e. The van der Waals surface area contributed by atoms with Gasteiger partial charge in [0.2, 0.25) is 0 Å². The van der Waals surface area contributed by atoms with Gasteiger partial charge in [0.15, 0.2) is 0 Å². The molecule has 0 bridgehead atoms.